The Labute approximate surface area is 550 Å². The second-order valence-electron chi connectivity index (χ2n) is 24.0. The minimum Gasteiger partial charge on any atom is -0.506 e. The summed E-state index contributed by atoms with van der Waals surface area (Å²) < 4.78 is 48.3. The van der Waals surface area contributed by atoms with Crippen LogP contribution < -0.4 is 23.7 Å². The summed E-state index contributed by atoms with van der Waals surface area (Å²) in [5.74, 6) is 2.39. The number of halogens is 1. The molecule has 0 unspecified atom stereocenters. The van der Waals surface area contributed by atoms with E-state index in [2.05, 4.69) is 47.3 Å². The van der Waals surface area contributed by atoms with Crippen molar-refractivity contribution in [3.8, 4) is 34.9 Å². The molecule has 0 saturated heterocycles. The molecular weight excluding hydrogens is 1240 g/mol. The first-order chi connectivity index (χ1) is 44.2. The molecule has 3 aliphatic carbocycles. The molecule has 6 aromatic heterocycles. The maximum Gasteiger partial charge on any atom is 0.343 e. The average molecular weight is 1330 g/mol. The van der Waals surface area contributed by atoms with Gasteiger partial charge in [-0.3, -0.25) is 15.0 Å². The average Bonchev–Trinajstić information content (AvgIpc) is 1.08. The van der Waals surface area contributed by atoms with E-state index in [0.717, 1.165) is 150 Å². The molecule has 3 saturated carbocycles. The Morgan fingerprint density at radius 1 is 0.435 bits per heavy atom. The van der Waals surface area contributed by atoms with Gasteiger partial charge in [0.05, 0.1) is 35.8 Å². The third kappa shape index (κ3) is 19.8. The molecule has 0 atom stereocenters. The largest absolute Gasteiger partial charge is 0.506 e. The number of carbonyl (C=O) groups is 3. The molecule has 6 heterocycles. The highest BCUT2D eigenvalue weighted by Gasteiger charge is 2.27. The second kappa shape index (κ2) is 35.5. The summed E-state index contributed by atoms with van der Waals surface area (Å²) in [6, 6.07) is 11.7. The van der Waals surface area contributed by atoms with Gasteiger partial charge in [-0.1, -0.05) is 57.8 Å². The molecular formula is C71H93BrN6O14. The topological polar surface area (TPSA) is 252 Å². The Bertz CT molecular complexity index is 3320. The Morgan fingerprint density at radius 2 is 0.783 bits per heavy atom. The molecule has 0 radical (unpaired) electrons. The number of aromatic hydroxyl groups is 1. The van der Waals surface area contributed by atoms with E-state index in [1.54, 1.807) is 20.3 Å². The monoisotopic (exact) mass is 1330 g/mol. The van der Waals surface area contributed by atoms with Crippen LogP contribution in [0.4, 0.5) is 0 Å². The minimum absolute atomic E-state index is 0.155. The molecule has 9 rings (SSSR count). The van der Waals surface area contributed by atoms with Gasteiger partial charge in [-0.15, -0.1) is 0 Å². The molecule has 21 heteroatoms. The zero-order valence-corrected chi connectivity index (χ0v) is 57.4. The van der Waals surface area contributed by atoms with Crippen LogP contribution >= 0.6 is 15.9 Å². The number of aliphatic carboxylic acids is 1. The summed E-state index contributed by atoms with van der Waals surface area (Å²) in [4.78, 5) is 62.1. The molecule has 0 spiro atoms. The zero-order chi connectivity index (χ0) is 66.4. The fourth-order valence-electron chi connectivity index (χ4n) is 12.3. The first-order valence-corrected chi connectivity index (χ1v) is 32.8. The van der Waals surface area contributed by atoms with E-state index in [0.29, 0.717) is 54.7 Å². The molecule has 20 nitrogen and oxygen atoms in total. The Balaban J connectivity index is 0.000000196. The quantitative estimate of drug-likeness (QED) is 0.0422. The summed E-state index contributed by atoms with van der Waals surface area (Å²) in [5.41, 5.74) is 16.4. The molecule has 2 N–H and O–H groups in total. The summed E-state index contributed by atoms with van der Waals surface area (Å²) in [5, 5.41) is 19.1. The van der Waals surface area contributed by atoms with Gasteiger partial charge in [0.2, 0.25) is 17.6 Å². The number of methoxy groups -OCH3 is 4. The molecule has 3 aliphatic rings. The van der Waals surface area contributed by atoms with Crippen LogP contribution in [0.2, 0.25) is 0 Å². The summed E-state index contributed by atoms with van der Waals surface area (Å²) in [7, 11) is 5.91. The van der Waals surface area contributed by atoms with Crippen LogP contribution in [0, 0.1) is 55.4 Å². The summed E-state index contributed by atoms with van der Waals surface area (Å²) in [6.45, 7) is 15.4. The number of rotatable bonds is 24. The highest BCUT2D eigenvalue weighted by molar-refractivity contribution is 9.10. The third-order valence-corrected chi connectivity index (χ3v) is 18.7. The molecule has 92 heavy (non-hydrogen) atoms. The van der Waals surface area contributed by atoms with E-state index in [4.69, 9.17) is 53.2 Å². The van der Waals surface area contributed by atoms with Crippen LogP contribution in [0.15, 0.2) is 40.9 Å². The van der Waals surface area contributed by atoms with Crippen LogP contribution in [0.1, 0.15) is 210 Å². The van der Waals surface area contributed by atoms with Crippen LogP contribution in [0.25, 0.3) is 0 Å². The lowest BCUT2D eigenvalue weighted by molar-refractivity contribution is -0.143. The summed E-state index contributed by atoms with van der Waals surface area (Å²) >= 11 is 3.57. The number of esters is 2. The molecule has 6 aromatic rings. The van der Waals surface area contributed by atoms with Gasteiger partial charge < -0.3 is 52.8 Å². The Morgan fingerprint density at radius 3 is 1.17 bits per heavy atom. The van der Waals surface area contributed by atoms with Gasteiger partial charge in [0, 0.05) is 96.5 Å². The lowest BCUT2D eigenvalue weighted by Gasteiger charge is -2.24. The van der Waals surface area contributed by atoms with E-state index >= 15 is 0 Å². The molecule has 0 aliphatic heterocycles. The van der Waals surface area contributed by atoms with E-state index in [-0.39, 0.29) is 32.5 Å². The fraction of sp³-hybridized carbons (Fsp3) is 0.535. The highest BCUT2D eigenvalue weighted by atomic mass is 79.9. The van der Waals surface area contributed by atoms with E-state index in [1.807, 2.05) is 78.8 Å². The number of ether oxygens (including phenoxy) is 9. The fourth-order valence-corrected chi connectivity index (χ4v) is 12.7. The predicted octanol–water partition coefficient (Wildman–Crippen LogP) is 13.8. The van der Waals surface area contributed by atoms with Gasteiger partial charge in [0.1, 0.15) is 17.2 Å². The molecule has 0 bridgehead atoms. The Kier molecular flexibility index (Phi) is 27.8. The molecule has 3 fully saturated rings. The highest BCUT2D eigenvalue weighted by Crippen LogP contribution is 2.41. The van der Waals surface area contributed by atoms with Gasteiger partial charge in [-0.05, 0) is 180 Å². The predicted molar refractivity (Wildman–Crippen MR) is 352 cm³/mol. The number of aromatic nitrogens is 6. The number of aryl methyl sites for hydroxylation is 3. The second-order valence-corrected chi connectivity index (χ2v) is 24.8. The van der Waals surface area contributed by atoms with Crippen LogP contribution in [-0.2, 0) is 52.6 Å². The molecule has 0 amide bonds. The van der Waals surface area contributed by atoms with Crippen molar-refractivity contribution in [1.82, 2.24) is 29.9 Å². The SMILES string of the molecule is COCOc1ccc(Cc2c(C)nc(OCC(=O)OC)c(Br)c2C)nc1C1CCCCC1.COCOc1ccc(Cc2c(C)nc(OCC(=O)OC)c(C)c2C)nc1C1CCCCC1.Cc1nc(OCC(=O)O)c(C)c(C)c1Cc1ccc(O)c(C2CCCCC2)n1. The number of hydrogen-bond acceptors (Lipinski definition) is 19. The van der Waals surface area contributed by atoms with Crippen molar-refractivity contribution < 1.29 is 67.2 Å². The van der Waals surface area contributed by atoms with E-state index in [9.17, 15) is 19.5 Å². The zero-order valence-electron chi connectivity index (χ0n) is 55.8. The van der Waals surface area contributed by atoms with Gasteiger partial charge in [-0.2, -0.15) is 0 Å². The Hall–Kier alpha value is -7.49. The maximum absolute atomic E-state index is 11.4. The lowest BCUT2D eigenvalue weighted by Crippen LogP contribution is -2.15. The van der Waals surface area contributed by atoms with Crippen molar-refractivity contribution in [2.45, 2.75) is 189 Å². The van der Waals surface area contributed by atoms with Crippen molar-refractivity contribution in [1.29, 1.82) is 0 Å². The van der Waals surface area contributed by atoms with Crippen molar-refractivity contribution in [3.63, 3.8) is 0 Å². The van der Waals surface area contributed by atoms with Gasteiger partial charge in [-0.25, -0.2) is 29.3 Å². The van der Waals surface area contributed by atoms with Crippen LogP contribution in [0.5, 0.6) is 34.9 Å². The van der Waals surface area contributed by atoms with E-state index in [1.165, 1.54) is 72.0 Å². The maximum atomic E-state index is 11.4. The number of carboxylic acid groups (broad SMARTS) is 1. The smallest absolute Gasteiger partial charge is 0.343 e. The summed E-state index contributed by atoms with van der Waals surface area (Å²) in [6.07, 6.45) is 19.8. The number of pyridine rings is 6. The number of nitrogens with zero attached hydrogens (tertiary/aromatic N) is 6. The molecule has 0 aromatic carbocycles. The minimum atomic E-state index is -1.02. The van der Waals surface area contributed by atoms with Crippen molar-refractivity contribution in [2.75, 3.05) is 61.8 Å². The van der Waals surface area contributed by atoms with Gasteiger partial charge in [0.15, 0.2) is 33.4 Å². The van der Waals surface area contributed by atoms with Gasteiger partial charge >= 0.3 is 17.9 Å². The normalized spacial score (nSPS) is 14.4. The van der Waals surface area contributed by atoms with Crippen molar-refractivity contribution in [3.05, 3.63) is 137 Å². The number of carboxylic acids is 1. The third-order valence-electron chi connectivity index (χ3n) is 17.8. The van der Waals surface area contributed by atoms with Gasteiger partial charge in [0.25, 0.3) is 0 Å². The van der Waals surface area contributed by atoms with Crippen molar-refractivity contribution >= 4 is 33.8 Å². The van der Waals surface area contributed by atoms with Crippen LogP contribution in [0.3, 0.4) is 0 Å². The number of carbonyl (C=O) groups excluding carboxylic acids is 2. The first-order valence-electron chi connectivity index (χ1n) is 32.0. The first kappa shape index (κ1) is 71.9. The van der Waals surface area contributed by atoms with Crippen LogP contribution in [-0.4, -0.2) is 120 Å². The standard InChI is InChI=1S/C25H34N2O5.C24H31BrN2O5.C22H28N2O4/c1-16-17(2)25(31-14-23(28)30-5)26-18(3)21(16)13-20-11-12-22(32-15-29-4)24(27-20)19-9-7-6-8-10-19;1-15-19(16(2)26-24(22(15)25)31-13-21(28)30-4)12-18-10-11-20(32-14-29-3)23(27-18)17-8-6-5-7-9-17;1-13-14(2)22(28-12-20(26)27)23-15(3)18(13)11-17-9-10-19(25)21(24-17)16-7-5-4-6-8-16/h11-12,19H,6-10,13-15H2,1-5H3;10-11,17H,5-9,12-14H2,1-4H3;9-10,16,25H,4-8,11-12H2,1-3H3,(H,26,27). The van der Waals surface area contributed by atoms with Crippen molar-refractivity contribution in [2.24, 2.45) is 0 Å². The number of hydrogen-bond donors (Lipinski definition) is 2. The van der Waals surface area contributed by atoms with E-state index < -0.39 is 24.5 Å². The molecule has 498 valence electrons. The lowest BCUT2D eigenvalue weighted by atomic mass is 9.86.